The third-order valence-corrected chi connectivity index (χ3v) is 6.07. The molecule has 2 fully saturated rings. The van der Waals surface area contributed by atoms with Crippen molar-refractivity contribution in [2.24, 2.45) is 0 Å². The molecule has 1 aromatic heterocycles. The first kappa shape index (κ1) is 19.4. The van der Waals surface area contributed by atoms with E-state index in [0.29, 0.717) is 5.11 Å². The average molecular weight is 398 g/mol. The van der Waals surface area contributed by atoms with E-state index in [-0.39, 0.29) is 0 Å². The fraction of sp³-hybridized carbons (Fsp3) is 0.545. The molecular formula is C22H31N5S. The number of fused-ring (bicyclic) bond motifs is 1. The maximum Gasteiger partial charge on any atom is 0.170 e. The van der Waals surface area contributed by atoms with Crippen molar-refractivity contribution in [1.82, 2.24) is 15.2 Å². The lowest BCUT2D eigenvalue weighted by molar-refractivity contribution is 0.334. The summed E-state index contributed by atoms with van der Waals surface area (Å²) in [7, 11) is 0. The standard InChI is InChI=1S/C22H31N5S/c1-17-15-21(27-13-4-5-14-27)25-20-8-7-18(16-19(17)20)24-22(28)23-9-6-12-26-10-2-3-11-26/h7-8,15-16H,2-6,9-14H2,1H3,(H2,23,24,28). The van der Waals surface area contributed by atoms with Crippen molar-refractivity contribution in [2.75, 3.05) is 49.5 Å². The molecule has 28 heavy (non-hydrogen) atoms. The Kier molecular flexibility index (Phi) is 6.27. The highest BCUT2D eigenvalue weighted by Crippen LogP contribution is 2.27. The highest BCUT2D eigenvalue weighted by Gasteiger charge is 2.15. The first-order valence-corrected chi connectivity index (χ1v) is 11.0. The van der Waals surface area contributed by atoms with Gasteiger partial charge in [0, 0.05) is 30.7 Å². The van der Waals surface area contributed by atoms with E-state index in [1.807, 2.05) is 0 Å². The molecule has 4 rings (SSSR count). The number of thiocarbonyl (C=S) groups is 1. The van der Waals surface area contributed by atoms with Gasteiger partial charge in [-0.3, -0.25) is 0 Å². The summed E-state index contributed by atoms with van der Waals surface area (Å²) in [5, 5.41) is 8.54. The Bertz CT molecular complexity index is 825. The van der Waals surface area contributed by atoms with Gasteiger partial charge < -0.3 is 20.4 Å². The quantitative estimate of drug-likeness (QED) is 0.569. The van der Waals surface area contributed by atoms with Crippen LogP contribution in [0, 0.1) is 6.92 Å². The average Bonchev–Trinajstić information content (AvgIpc) is 3.39. The van der Waals surface area contributed by atoms with Crippen LogP contribution in [0.1, 0.15) is 37.7 Å². The van der Waals surface area contributed by atoms with Crippen molar-refractivity contribution in [1.29, 1.82) is 0 Å². The zero-order chi connectivity index (χ0) is 19.3. The minimum atomic E-state index is 0.695. The normalized spacial score (nSPS) is 17.4. The van der Waals surface area contributed by atoms with Gasteiger partial charge in [0.05, 0.1) is 5.52 Å². The second-order valence-corrected chi connectivity index (χ2v) is 8.41. The molecule has 2 saturated heterocycles. The summed E-state index contributed by atoms with van der Waals surface area (Å²) in [5.74, 6) is 1.11. The summed E-state index contributed by atoms with van der Waals surface area (Å²) in [4.78, 5) is 9.81. The van der Waals surface area contributed by atoms with Gasteiger partial charge >= 0.3 is 0 Å². The van der Waals surface area contributed by atoms with Crippen LogP contribution in [-0.2, 0) is 0 Å². The number of rotatable bonds is 6. The van der Waals surface area contributed by atoms with Crippen LogP contribution in [0.4, 0.5) is 11.5 Å². The molecule has 0 spiro atoms. The van der Waals surface area contributed by atoms with E-state index < -0.39 is 0 Å². The van der Waals surface area contributed by atoms with Gasteiger partial charge in [-0.25, -0.2) is 4.98 Å². The number of hydrogen-bond acceptors (Lipinski definition) is 4. The van der Waals surface area contributed by atoms with E-state index in [0.717, 1.165) is 49.6 Å². The molecule has 0 atom stereocenters. The Morgan fingerprint density at radius 3 is 2.61 bits per heavy atom. The smallest absolute Gasteiger partial charge is 0.170 e. The lowest BCUT2D eigenvalue weighted by atomic mass is 10.1. The van der Waals surface area contributed by atoms with Crippen LogP contribution >= 0.6 is 12.2 Å². The molecule has 2 N–H and O–H groups in total. The summed E-state index contributed by atoms with van der Waals surface area (Å²) in [6, 6.07) is 8.54. The number of anilines is 2. The number of nitrogens with zero attached hydrogens (tertiary/aromatic N) is 3. The molecule has 0 amide bonds. The molecule has 5 nitrogen and oxygen atoms in total. The summed E-state index contributed by atoms with van der Waals surface area (Å²) in [6.07, 6.45) is 6.36. The second kappa shape index (κ2) is 9.05. The molecule has 2 aliphatic rings. The lowest BCUT2D eigenvalue weighted by Crippen LogP contribution is -2.31. The molecule has 0 radical (unpaired) electrons. The molecule has 2 aliphatic heterocycles. The first-order chi connectivity index (χ1) is 13.7. The fourth-order valence-corrected chi connectivity index (χ4v) is 4.47. The molecule has 0 unspecified atom stereocenters. The van der Waals surface area contributed by atoms with Crippen molar-refractivity contribution < 1.29 is 0 Å². The van der Waals surface area contributed by atoms with Crippen molar-refractivity contribution in [2.45, 2.75) is 39.0 Å². The number of aryl methyl sites for hydroxylation is 1. The van der Waals surface area contributed by atoms with E-state index in [4.69, 9.17) is 17.2 Å². The van der Waals surface area contributed by atoms with Gasteiger partial charge in [-0.05, 0) is 101 Å². The highest BCUT2D eigenvalue weighted by atomic mass is 32.1. The van der Waals surface area contributed by atoms with Crippen LogP contribution in [0.5, 0.6) is 0 Å². The van der Waals surface area contributed by atoms with Gasteiger partial charge in [-0.2, -0.15) is 0 Å². The molecule has 0 saturated carbocycles. The van der Waals surface area contributed by atoms with Gasteiger partial charge in [0.15, 0.2) is 5.11 Å². The molecule has 0 aliphatic carbocycles. The van der Waals surface area contributed by atoms with Crippen molar-refractivity contribution in [3.63, 3.8) is 0 Å². The summed E-state index contributed by atoms with van der Waals surface area (Å²) in [5.41, 5.74) is 3.33. The lowest BCUT2D eigenvalue weighted by Gasteiger charge is -2.18. The summed E-state index contributed by atoms with van der Waals surface area (Å²) in [6.45, 7) is 9.00. The molecule has 1 aromatic carbocycles. The van der Waals surface area contributed by atoms with E-state index in [1.165, 1.54) is 49.7 Å². The number of benzene rings is 1. The van der Waals surface area contributed by atoms with Crippen LogP contribution in [0.25, 0.3) is 10.9 Å². The van der Waals surface area contributed by atoms with Crippen molar-refractivity contribution in [3.8, 4) is 0 Å². The van der Waals surface area contributed by atoms with Gasteiger partial charge in [-0.15, -0.1) is 0 Å². The number of nitrogens with one attached hydrogen (secondary N) is 2. The Balaban J connectivity index is 1.33. The largest absolute Gasteiger partial charge is 0.362 e. The molecule has 150 valence electrons. The zero-order valence-corrected chi connectivity index (χ0v) is 17.7. The second-order valence-electron chi connectivity index (χ2n) is 8.01. The monoisotopic (exact) mass is 397 g/mol. The predicted molar refractivity (Wildman–Crippen MR) is 122 cm³/mol. The molecule has 6 heteroatoms. The molecular weight excluding hydrogens is 366 g/mol. The van der Waals surface area contributed by atoms with E-state index in [1.54, 1.807) is 0 Å². The Hall–Kier alpha value is -1.92. The van der Waals surface area contributed by atoms with Gasteiger partial charge in [-0.1, -0.05) is 0 Å². The third kappa shape index (κ3) is 4.73. The van der Waals surface area contributed by atoms with Crippen LogP contribution in [0.3, 0.4) is 0 Å². The topological polar surface area (TPSA) is 43.4 Å². The summed E-state index contributed by atoms with van der Waals surface area (Å²) < 4.78 is 0. The first-order valence-electron chi connectivity index (χ1n) is 10.6. The Labute approximate surface area is 173 Å². The number of pyridine rings is 1. The highest BCUT2D eigenvalue weighted by molar-refractivity contribution is 7.80. The molecule has 2 aromatic rings. The zero-order valence-electron chi connectivity index (χ0n) is 16.8. The van der Waals surface area contributed by atoms with Crippen LogP contribution in [0.2, 0.25) is 0 Å². The Morgan fingerprint density at radius 2 is 1.82 bits per heavy atom. The van der Waals surface area contributed by atoms with Crippen LogP contribution in [0.15, 0.2) is 24.3 Å². The third-order valence-electron chi connectivity index (χ3n) is 5.83. The van der Waals surface area contributed by atoms with Crippen LogP contribution in [-0.4, -0.2) is 54.3 Å². The van der Waals surface area contributed by atoms with Gasteiger partial charge in [0.25, 0.3) is 0 Å². The summed E-state index contributed by atoms with van der Waals surface area (Å²) >= 11 is 5.47. The van der Waals surface area contributed by atoms with E-state index in [2.05, 4.69) is 51.6 Å². The maximum atomic E-state index is 5.47. The number of aromatic nitrogens is 1. The predicted octanol–water partition coefficient (Wildman–Crippen LogP) is 3.92. The number of likely N-dealkylation sites (tertiary alicyclic amines) is 1. The minimum Gasteiger partial charge on any atom is -0.362 e. The Morgan fingerprint density at radius 1 is 1.07 bits per heavy atom. The van der Waals surface area contributed by atoms with E-state index in [9.17, 15) is 0 Å². The minimum absolute atomic E-state index is 0.695. The SMILES string of the molecule is Cc1cc(N2CCCC2)nc2ccc(NC(=S)NCCCN3CCCC3)cc12. The van der Waals surface area contributed by atoms with Gasteiger partial charge in [0.1, 0.15) is 5.82 Å². The fourth-order valence-electron chi connectivity index (χ4n) is 4.25. The maximum absolute atomic E-state index is 5.47. The molecule has 3 heterocycles. The van der Waals surface area contributed by atoms with E-state index >= 15 is 0 Å². The molecule has 0 bridgehead atoms. The van der Waals surface area contributed by atoms with Crippen LogP contribution < -0.4 is 15.5 Å². The van der Waals surface area contributed by atoms with Crippen molar-refractivity contribution in [3.05, 3.63) is 29.8 Å². The van der Waals surface area contributed by atoms with Crippen molar-refractivity contribution >= 4 is 39.7 Å². The van der Waals surface area contributed by atoms with Gasteiger partial charge in [0.2, 0.25) is 0 Å². The number of hydrogen-bond donors (Lipinski definition) is 2.